The van der Waals surface area contributed by atoms with Crippen molar-refractivity contribution in [3.63, 3.8) is 0 Å². The molecular formula is C16H20ClN3O5S. The number of carbonyl (C=O) groups excluding carboxylic acids is 2. The third-order valence-electron chi connectivity index (χ3n) is 4.13. The topological polar surface area (TPSA) is 105 Å². The second-order valence-electron chi connectivity index (χ2n) is 6.21. The smallest absolute Gasteiger partial charge is 0.309 e. The fraction of sp³-hybridized carbons (Fsp3) is 0.500. The third kappa shape index (κ3) is 4.53. The number of amides is 2. The van der Waals surface area contributed by atoms with E-state index in [1.54, 1.807) is 0 Å². The van der Waals surface area contributed by atoms with Gasteiger partial charge in [0.1, 0.15) is 6.23 Å². The summed E-state index contributed by atoms with van der Waals surface area (Å²) in [6.07, 6.45) is 1.41. The Morgan fingerprint density at radius 2 is 1.88 bits per heavy atom. The van der Waals surface area contributed by atoms with Crippen molar-refractivity contribution in [2.45, 2.75) is 36.4 Å². The number of hydrogen-bond acceptors (Lipinski definition) is 5. The van der Waals surface area contributed by atoms with Gasteiger partial charge in [-0.05, 0) is 43.5 Å². The monoisotopic (exact) mass is 401 g/mol. The van der Waals surface area contributed by atoms with Gasteiger partial charge in [-0.1, -0.05) is 11.6 Å². The minimum absolute atomic E-state index is 0.0703. The van der Waals surface area contributed by atoms with Gasteiger partial charge in [-0.15, -0.1) is 0 Å². The minimum atomic E-state index is -3.81. The highest BCUT2D eigenvalue weighted by molar-refractivity contribution is 7.89. The van der Waals surface area contributed by atoms with E-state index in [0.717, 1.165) is 12.8 Å². The van der Waals surface area contributed by atoms with Gasteiger partial charge in [0.05, 0.1) is 18.0 Å². The Balaban J connectivity index is 1.66. The Labute approximate surface area is 156 Å². The lowest BCUT2D eigenvalue weighted by Crippen LogP contribution is -2.53. The molecule has 26 heavy (non-hydrogen) atoms. The molecule has 1 saturated heterocycles. The maximum Gasteiger partial charge on any atom is 0.309 e. The van der Waals surface area contributed by atoms with Crippen molar-refractivity contribution in [3.05, 3.63) is 29.3 Å². The number of nitrogens with one attached hydrogen (secondary N) is 2. The highest BCUT2D eigenvalue weighted by atomic mass is 35.5. The first-order chi connectivity index (χ1) is 12.4. The minimum Gasteiger partial charge on any atom is -0.360 e. The van der Waals surface area contributed by atoms with Crippen LogP contribution in [0.25, 0.3) is 0 Å². The van der Waals surface area contributed by atoms with Crippen LogP contribution in [0.1, 0.15) is 19.3 Å². The number of halogens is 1. The summed E-state index contributed by atoms with van der Waals surface area (Å²) in [7, 11) is -3.81. The highest BCUT2D eigenvalue weighted by Crippen LogP contribution is 2.23. The van der Waals surface area contributed by atoms with Gasteiger partial charge in [0, 0.05) is 17.6 Å². The van der Waals surface area contributed by atoms with Crippen LogP contribution in [0.5, 0.6) is 0 Å². The molecule has 3 rings (SSSR count). The van der Waals surface area contributed by atoms with E-state index in [4.69, 9.17) is 16.3 Å². The lowest BCUT2D eigenvalue weighted by atomic mass is 10.3. The van der Waals surface area contributed by atoms with Gasteiger partial charge in [-0.25, -0.2) is 8.42 Å². The number of ether oxygens (including phenoxy) is 1. The van der Waals surface area contributed by atoms with Crippen molar-refractivity contribution >= 4 is 33.4 Å². The van der Waals surface area contributed by atoms with Crippen molar-refractivity contribution < 1.29 is 22.7 Å². The SMILES string of the molecule is O=C(NC[C@H]1OCCCN1S(=O)(=O)c1ccc(Cl)cc1)C(=O)NC1CC1. The summed E-state index contributed by atoms with van der Waals surface area (Å²) < 4.78 is 32.4. The summed E-state index contributed by atoms with van der Waals surface area (Å²) >= 11 is 5.81. The van der Waals surface area contributed by atoms with Crippen molar-refractivity contribution in [1.29, 1.82) is 0 Å². The standard InChI is InChI=1S/C16H20ClN3O5S/c17-11-2-6-13(7-3-11)26(23,24)20-8-1-9-25-14(20)10-18-15(21)16(22)19-12-4-5-12/h2-3,6-7,12,14H,1,4-5,8-10H2,(H,18,21)(H,19,22)/t14-/m1/s1. The summed E-state index contributed by atoms with van der Waals surface area (Å²) in [5, 5.41) is 5.46. The molecule has 2 N–H and O–H groups in total. The van der Waals surface area contributed by atoms with Crippen LogP contribution in [0.4, 0.5) is 0 Å². The van der Waals surface area contributed by atoms with E-state index >= 15 is 0 Å². The first-order valence-electron chi connectivity index (χ1n) is 8.35. The van der Waals surface area contributed by atoms with Gasteiger partial charge in [-0.3, -0.25) is 9.59 Å². The zero-order valence-electron chi connectivity index (χ0n) is 14.0. The normalized spacial score (nSPS) is 21.2. The number of sulfonamides is 1. The molecule has 2 aliphatic rings. The fourth-order valence-electron chi connectivity index (χ4n) is 2.58. The molecule has 0 unspecified atom stereocenters. The second kappa shape index (κ2) is 7.91. The zero-order chi connectivity index (χ0) is 18.7. The molecular weight excluding hydrogens is 382 g/mol. The van der Waals surface area contributed by atoms with Crippen LogP contribution >= 0.6 is 11.6 Å². The van der Waals surface area contributed by atoms with E-state index in [1.807, 2.05) is 0 Å². The Morgan fingerprint density at radius 1 is 1.19 bits per heavy atom. The lowest BCUT2D eigenvalue weighted by Gasteiger charge is -2.34. The molecule has 1 aliphatic carbocycles. The molecule has 1 atom stereocenters. The first kappa shape index (κ1) is 19.1. The number of nitrogens with zero attached hydrogens (tertiary/aromatic N) is 1. The van der Waals surface area contributed by atoms with Crippen LogP contribution in [0.2, 0.25) is 5.02 Å². The van der Waals surface area contributed by atoms with Gasteiger partial charge >= 0.3 is 11.8 Å². The molecule has 1 aromatic rings. The van der Waals surface area contributed by atoms with Crippen LogP contribution in [0, 0.1) is 0 Å². The lowest BCUT2D eigenvalue weighted by molar-refractivity contribution is -0.140. The molecule has 0 spiro atoms. The Morgan fingerprint density at radius 3 is 2.54 bits per heavy atom. The number of rotatable bonds is 5. The number of benzene rings is 1. The average molecular weight is 402 g/mol. The summed E-state index contributed by atoms with van der Waals surface area (Å²) in [6, 6.07) is 5.91. The summed E-state index contributed by atoms with van der Waals surface area (Å²) in [4.78, 5) is 23.6. The van der Waals surface area contributed by atoms with Crippen LogP contribution in [-0.4, -0.2) is 56.5 Å². The predicted molar refractivity (Wildman–Crippen MR) is 93.9 cm³/mol. The molecule has 1 aromatic carbocycles. The molecule has 1 heterocycles. The van der Waals surface area contributed by atoms with Crippen LogP contribution < -0.4 is 10.6 Å². The van der Waals surface area contributed by atoms with Gasteiger partial charge in [-0.2, -0.15) is 4.31 Å². The molecule has 1 aliphatic heterocycles. The third-order valence-corrected chi connectivity index (χ3v) is 6.29. The van der Waals surface area contributed by atoms with Crippen LogP contribution in [0.15, 0.2) is 29.2 Å². The quantitative estimate of drug-likeness (QED) is 0.698. The molecule has 10 heteroatoms. The van der Waals surface area contributed by atoms with E-state index in [-0.39, 0.29) is 24.0 Å². The largest absolute Gasteiger partial charge is 0.360 e. The number of carbonyl (C=O) groups is 2. The molecule has 0 bridgehead atoms. The summed E-state index contributed by atoms with van der Waals surface area (Å²) in [6.45, 7) is 0.533. The average Bonchev–Trinajstić information content (AvgIpc) is 3.44. The van der Waals surface area contributed by atoms with Crippen molar-refractivity contribution in [2.75, 3.05) is 19.7 Å². The molecule has 2 fully saturated rings. The van der Waals surface area contributed by atoms with Crippen LogP contribution in [0.3, 0.4) is 0 Å². The van der Waals surface area contributed by atoms with E-state index in [0.29, 0.717) is 18.1 Å². The number of hydrogen-bond donors (Lipinski definition) is 2. The second-order valence-corrected chi connectivity index (χ2v) is 8.53. The molecule has 8 nitrogen and oxygen atoms in total. The maximum absolute atomic E-state index is 12.9. The Kier molecular flexibility index (Phi) is 5.81. The van der Waals surface area contributed by atoms with Gasteiger partial charge in [0.15, 0.2) is 0 Å². The van der Waals surface area contributed by atoms with E-state index < -0.39 is 28.1 Å². The zero-order valence-corrected chi connectivity index (χ0v) is 15.6. The maximum atomic E-state index is 12.9. The summed E-state index contributed by atoms with van der Waals surface area (Å²) in [5.41, 5.74) is 0. The molecule has 2 amide bonds. The van der Waals surface area contributed by atoms with E-state index in [9.17, 15) is 18.0 Å². The fourth-order valence-corrected chi connectivity index (χ4v) is 4.27. The van der Waals surface area contributed by atoms with E-state index in [1.165, 1.54) is 28.6 Å². The predicted octanol–water partition coefficient (Wildman–Crippen LogP) is 0.472. The summed E-state index contributed by atoms with van der Waals surface area (Å²) in [5.74, 6) is -1.51. The van der Waals surface area contributed by atoms with Gasteiger partial charge < -0.3 is 15.4 Å². The van der Waals surface area contributed by atoms with Gasteiger partial charge in [0.2, 0.25) is 10.0 Å². The van der Waals surface area contributed by atoms with Crippen LogP contribution in [-0.2, 0) is 24.3 Å². The first-order valence-corrected chi connectivity index (χ1v) is 10.2. The van der Waals surface area contributed by atoms with Crippen molar-refractivity contribution in [1.82, 2.24) is 14.9 Å². The van der Waals surface area contributed by atoms with Crippen molar-refractivity contribution in [2.24, 2.45) is 0 Å². The molecule has 0 radical (unpaired) electrons. The molecule has 142 valence electrons. The highest BCUT2D eigenvalue weighted by Gasteiger charge is 2.35. The molecule has 0 aromatic heterocycles. The Hall–Kier alpha value is -1.68. The Bertz CT molecular complexity index is 780. The molecule has 1 saturated carbocycles. The van der Waals surface area contributed by atoms with Crippen molar-refractivity contribution in [3.8, 4) is 0 Å². The van der Waals surface area contributed by atoms with E-state index in [2.05, 4.69) is 10.6 Å². The van der Waals surface area contributed by atoms with Gasteiger partial charge in [0.25, 0.3) is 0 Å².